The number of carbonyl (C=O) groups is 2. The fraction of sp³-hybridized carbons (Fsp3) is 0.222. The van der Waals surface area contributed by atoms with Gasteiger partial charge >= 0.3 is 5.97 Å². The number of rotatable bonds is 3. The summed E-state index contributed by atoms with van der Waals surface area (Å²) in [6.07, 6.45) is 3.35. The highest BCUT2D eigenvalue weighted by atomic mass is 16.6. The van der Waals surface area contributed by atoms with Crippen molar-refractivity contribution in [3.8, 4) is 0 Å². The van der Waals surface area contributed by atoms with E-state index >= 15 is 0 Å². The van der Waals surface area contributed by atoms with E-state index in [0.29, 0.717) is 16.7 Å². The number of aromatic nitrogens is 2. The van der Waals surface area contributed by atoms with E-state index in [4.69, 9.17) is 9.72 Å². The molecule has 1 aromatic heterocycles. The Morgan fingerprint density at radius 2 is 1.69 bits per heavy atom. The lowest BCUT2D eigenvalue weighted by atomic mass is 9.75. The van der Waals surface area contributed by atoms with Crippen LogP contribution in [0.15, 0.2) is 72.8 Å². The van der Waals surface area contributed by atoms with Gasteiger partial charge in [-0.1, -0.05) is 48.5 Å². The lowest BCUT2D eigenvalue weighted by molar-refractivity contribution is -0.0312. The first kappa shape index (κ1) is 19.0. The number of nitrogens with zero attached hydrogens (tertiary/aromatic N) is 1. The van der Waals surface area contributed by atoms with Crippen LogP contribution in [-0.4, -0.2) is 21.7 Å². The first-order valence-electron chi connectivity index (χ1n) is 11.1. The third-order valence-corrected chi connectivity index (χ3v) is 6.90. The van der Waals surface area contributed by atoms with E-state index < -0.39 is 5.60 Å². The lowest BCUT2D eigenvalue weighted by Gasteiger charge is -2.35. The molecule has 0 radical (unpaired) electrons. The van der Waals surface area contributed by atoms with Crippen molar-refractivity contribution in [2.24, 2.45) is 0 Å². The summed E-state index contributed by atoms with van der Waals surface area (Å²) in [5, 5.41) is 0. The van der Waals surface area contributed by atoms with E-state index in [1.807, 2.05) is 72.8 Å². The van der Waals surface area contributed by atoms with Gasteiger partial charge in [0.05, 0.1) is 16.6 Å². The number of benzene rings is 3. The molecule has 0 unspecified atom stereocenters. The number of fused-ring (bicyclic) bond motifs is 3. The van der Waals surface area contributed by atoms with Gasteiger partial charge in [-0.05, 0) is 49.9 Å². The summed E-state index contributed by atoms with van der Waals surface area (Å²) in [7, 11) is 0. The third kappa shape index (κ3) is 2.96. The quantitative estimate of drug-likeness (QED) is 0.349. The Bertz CT molecular complexity index is 1350. The zero-order valence-corrected chi connectivity index (χ0v) is 17.5. The van der Waals surface area contributed by atoms with E-state index in [9.17, 15) is 9.59 Å². The van der Waals surface area contributed by atoms with Crippen molar-refractivity contribution >= 4 is 22.8 Å². The Morgan fingerprint density at radius 3 is 2.50 bits per heavy atom. The second-order valence-electron chi connectivity index (χ2n) is 8.75. The van der Waals surface area contributed by atoms with Crippen molar-refractivity contribution in [1.82, 2.24) is 9.97 Å². The molecule has 6 rings (SSSR count). The van der Waals surface area contributed by atoms with Gasteiger partial charge in [-0.15, -0.1) is 0 Å². The van der Waals surface area contributed by atoms with Crippen LogP contribution in [0.3, 0.4) is 0 Å². The van der Waals surface area contributed by atoms with Gasteiger partial charge in [0.25, 0.3) is 0 Å². The highest BCUT2D eigenvalue weighted by Gasteiger charge is 2.47. The van der Waals surface area contributed by atoms with Crippen LogP contribution in [0.1, 0.15) is 69.3 Å². The van der Waals surface area contributed by atoms with Crippen LogP contribution in [0.25, 0.3) is 11.0 Å². The predicted molar refractivity (Wildman–Crippen MR) is 121 cm³/mol. The Labute approximate surface area is 185 Å². The van der Waals surface area contributed by atoms with Crippen molar-refractivity contribution in [2.75, 3.05) is 0 Å². The topological polar surface area (TPSA) is 72.0 Å². The third-order valence-electron chi connectivity index (χ3n) is 6.90. The summed E-state index contributed by atoms with van der Waals surface area (Å²) in [4.78, 5) is 33.4. The highest BCUT2D eigenvalue weighted by Crippen LogP contribution is 2.49. The van der Waals surface area contributed by atoms with E-state index in [-0.39, 0.29) is 17.7 Å². The molecule has 2 heterocycles. The maximum atomic E-state index is 12.8. The van der Waals surface area contributed by atoms with Crippen LogP contribution in [0.5, 0.6) is 0 Å². The Morgan fingerprint density at radius 1 is 0.938 bits per heavy atom. The molecule has 0 amide bonds. The number of aromatic amines is 1. The first-order chi connectivity index (χ1) is 15.6. The van der Waals surface area contributed by atoms with Crippen molar-refractivity contribution in [3.05, 3.63) is 101 Å². The number of imidazole rings is 1. The second-order valence-corrected chi connectivity index (χ2v) is 8.75. The molecule has 1 N–H and O–H groups in total. The summed E-state index contributed by atoms with van der Waals surface area (Å²) in [6, 6.07) is 22.7. The number of hydrogen-bond acceptors (Lipinski definition) is 4. The number of esters is 1. The summed E-state index contributed by atoms with van der Waals surface area (Å²) in [5.41, 5.74) is 4.29. The number of H-pyrrole nitrogens is 1. The fourth-order valence-electron chi connectivity index (χ4n) is 5.19. The van der Waals surface area contributed by atoms with Gasteiger partial charge in [0.2, 0.25) is 0 Å². The molecule has 0 saturated heterocycles. The van der Waals surface area contributed by atoms with E-state index in [1.165, 1.54) is 0 Å². The number of nitrogens with one attached hydrogen (secondary N) is 1. The number of ketones is 1. The molecular formula is C27H22N2O3. The van der Waals surface area contributed by atoms with Gasteiger partial charge in [0.1, 0.15) is 11.4 Å². The van der Waals surface area contributed by atoms with Crippen LogP contribution in [0, 0.1) is 0 Å². The SMILES string of the molecule is O=C(c1ccccc1)c1ccc2nc(C3CCC4(CC3)OC(=O)c3ccccc34)[nH]c2c1. The van der Waals surface area contributed by atoms with Crippen molar-refractivity contribution in [1.29, 1.82) is 0 Å². The predicted octanol–water partition coefficient (Wildman–Crippen LogP) is 5.52. The van der Waals surface area contributed by atoms with E-state index in [1.54, 1.807) is 0 Å². The lowest BCUT2D eigenvalue weighted by Crippen LogP contribution is -2.31. The molecule has 1 aliphatic carbocycles. The average molecular weight is 422 g/mol. The smallest absolute Gasteiger partial charge is 0.339 e. The molecule has 32 heavy (non-hydrogen) atoms. The van der Waals surface area contributed by atoms with Gasteiger partial charge < -0.3 is 9.72 Å². The monoisotopic (exact) mass is 422 g/mol. The van der Waals surface area contributed by atoms with E-state index in [0.717, 1.165) is 48.1 Å². The Hall–Kier alpha value is -3.73. The minimum atomic E-state index is -0.495. The fourth-order valence-corrected chi connectivity index (χ4v) is 5.19. The van der Waals surface area contributed by atoms with Gasteiger partial charge in [0.15, 0.2) is 5.78 Å². The largest absolute Gasteiger partial charge is 0.451 e. The molecule has 2 aliphatic rings. The maximum absolute atomic E-state index is 12.8. The number of hydrogen-bond donors (Lipinski definition) is 1. The molecule has 3 aromatic carbocycles. The normalized spacial score (nSPS) is 22.1. The van der Waals surface area contributed by atoms with Gasteiger partial charge in [-0.2, -0.15) is 0 Å². The first-order valence-corrected chi connectivity index (χ1v) is 11.1. The molecule has 4 aromatic rings. The summed E-state index contributed by atoms with van der Waals surface area (Å²) < 4.78 is 5.88. The molecular weight excluding hydrogens is 400 g/mol. The second kappa shape index (κ2) is 7.16. The molecule has 1 spiro atoms. The van der Waals surface area contributed by atoms with Crippen molar-refractivity contribution in [2.45, 2.75) is 37.2 Å². The minimum absolute atomic E-state index is 0.00460. The van der Waals surface area contributed by atoms with Crippen LogP contribution >= 0.6 is 0 Å². The number of carbonyl (C=O) groups excluding carboxylic acids is 2. The zero-order chi connectivity index (χ0) is 21.7. The minimum Gasteiger partial charge on any atom is -0.451 e. The molecule has 1 fully saturated rings. The maximum Gasteiger partial charge on any atom is 0.339 e. The van der Waals surface area contributed by atoms with E-state index in [2.05, 4.69) is 4.98 Å². The van der Waals surface area contributed by atoms with Crippen molar-refractivity contribution < 1.29 is 14.3 Å². The molecule has 5 nitrogen and oxygen atoms in total. The van der Waals surface area contributed by atoms with Crippen molar-refractivity contribution in [3.63, 3.8) is 0 Å². The molecule has 0 atom stereocenters. The molecule has 1 saturated carbocycles. The standard InChI is InChI=1S/C27H22N2O3/c30-24(17-6-2-1-3-7-17)19-10-11-22-23(16-19)29-25(28-22)18-12-14-27(15-13-18)21-9-5-4-8-20(21)26(31)32-27/h1-11,16,18H,12-15H2,(H,28,29). The number of ether oxygens (including phenoxy) is 1. The van der Waals surface area contributed by atoms with Gasteiger partial charge in [-0.3, -0.25) is 4.79 Å². The molecule has 158 valence electrons. The molecule has 5 heteroatoms. The molecule has 0 bridgehead atoms. The summed E-state index contributed by atoms with van der Waals surface area (Å²) in [5.74, 6) is 1.01. The molecule has 1 aliphatic heterocycles. The van der Waals surface area contributed by atoms with Gasteiger partial charge in [-0.25, -0.2) is 9.78 Å². The van der Waals surface area contributed by atoms with Crippen LogP contribution in [0.4, 0.5) is 0 Å². The Balaban J connectivity index is 1.24. The van der Waals surface area contributed by atoms with Crippen LogP contribution in [0.2, 0.25) is 0 Å². The Kier molecular flexibility index (Phi) is 4.25. The zero-order valence-electron chi connectivity index (χ0n) is 17.5. The van der Waals surface area contributed by atoms with Crippen LogP contribution < -0.4 is 0 Å². The highest BCUT2D eigenvalue weighted by molar-refractivity contribution is 6.10. The van der Waals surface area contributed by atoms with Crippen LogP contribution in [-0.2, 0) is 10.3 Å². The summed E-state index contributed by atoms with van der Waals surface area (Å²) >= 11 is 0. The average Bonchev–Trinajstić information content (AvgIpc) is 3.39. The van der Waals surface area contributed by atoms with Gasteiger partial charge in [0, 0.05) is 22.6 Å². The summed E-state index contributed by atoms with van der Waals surface area (Å²) in [6.45, 7) is 0.